The van der Waals surface area contributed by atoms with Crippen LogP contribution in [0.1, 0.15) is 90.4 Å². The molecule has 0 fully saturated rings. The Bertz CT molecular complexity index is 741. The van der Waals surface area contributed by atoms with Crippen molar-refractivity contribution in [2.75, 3.05) is 5.75 Å². The minimum absolute atomic E-state index is 0.0541. The van der Waals surface area contributed by atoms with Gasteiger partial charge in [-0.3, -0.25) is 9.36 Å². The van der Waals surface area contributed by atoms with Crippen LogP contribution in [0, 0.1) is 0 Å². The highest BCUT2D eigenvalue weighted by Gasteiger charge is 2.07. The van der Waals surface area contributed by atoms with Gasteiger partial charge >= 0.3 is 0 Å². The monoisotopic (exact) mass is 402 g/mol. The first-order chi connectivity index (χ1) is 13.7. The predicted octanol–water partition coefficient (Wildman–Crippen LogP) is 7.12. The molecule has 2 aromatic rings. The molecule has 1 heterocycles. The molecule has 1 aromatic heterocycles. The summed E-state index contributed by atoms with van der Waals surface area (Å²) in [6.45, 7) is 2.28. The van der Waals surface area contributed by atoms with Crippen LogP contribution in [0.4, 0.5) is 0 Å². The highest BCUT2D eigenvalue weighted by molar-refractivity contribution is 7.99. The molecule has 0 unspecified atom stereocenters. The summed E-state index contributed by atoms with van der Waals surface area (Å²) in [5.41, 5.74) is 0.858. The van der Waals surface area contributed by atoms with Crippen molar-refractivity contribution in [3.05, 3.63) is 34.6 Å². The van der Waals surface area contributed by atoms with Crippen LogP contribution in [0.3, 0.4) is 0 Å². The van der Waals surface area contributed by atoms with Gasteiger partial charge in [-0.05, 0) is 18.6 Å². The van der Waals surface area contributed by atoms with E-state index in [1.165, 1.54) is 83.5 Å². The quantitative estimate of drug-likeness (QED) is 0.181. The third-order valence-electron chi connectivity index (χ3n) is 5.42. The molecule has 0 N–H and O–H groups in total. The third kappa shape index (κ3) is 7.98. The van der Waals surface area contributed by atoms with Crippen molar-refractivity contribution < 1.29 is 0 Å². The van der Waals surface area contributed by atoms with Crippen LogP contribution >= 0.6 is 11.8 Å². The lowest BCUT2D eigenvalue weighted by Crippen LogP contribution is -2.20. The molecule has 1 aromatic carbocycles. The van der Waals surface area contributed by atoms with E-state index in [1.807, 2.05) is 31.3 Å². The topological polar surface area (TPSA) is 34.9 Å². The standard InChI is InChI=1S/C24H38N2OS/c1-3-4-5-6-7-8-9-10-11-12-13-14-17-20-28-24-25-22-19-16-15-18-21(22)23(27)26(24)2/h15-16,18-19H,3-14,17,20H2,1-2H3. The van der Waals surface area contributed by atoms with E-state index >= 15 is 0 Å². The molecule has 2 rings (SSSR count). The summed E-state index contributed by atoms with van der Waals surface area (Å²) in [6.07, 6.45) is 17.9. The van der Waals surface area contributed by atoms with Crippen LogP contribution in [0.2, 0.25) is 0 Å². The Morgan fingerprint density at radius 3 is 1.96 bits per heavy atom. The van der Waals surface area contributed by atoms with Crippen LogP contribution < -0.4 is 5.56 Å². The van der Waals surface area contributed by atoms with Gasteiger partial charge in [-0.1, -0.05) is 108 Å². The second-order valence-corrected chi connectivity index (χ2v) is 8.93. The van der Waals surface area contributed by atoms with Gasteiger partial charge in [0, 0.05) is 12.8 Å². The third-order valence-corrected chi connectivity index (χ3v) is 6.54. The number of thioether (sulfide) groups is 1. The zero-order valence-corrected chi connectivity index (χ0v) is 18.7. The Hall–Kier alpha value is -1.29. The van der Waals surface area contributed by atoms with E-state index in [9.17, 15) is 4.79 Å². The number of benzene rings is 1. The lowest BCUT2D eigenvalue weighted by molar-refractivity contribution is 0.543. The van der Waals surface area contributed by atoms with Crippen molar-refractivity contribution in [2.24, 2.45) is 7.05 Å². The minimum Gasteiger partial charge on any atom is -0.290 e. The van der Waals surface area contributed by atoms with E-state index in [0.717, 1.165) is 16.4 Å². The maximum atomic E-state index is 12.4. The Morgan fingerprint density at radius 1 is 0.821 bits per heavy atom. The molecule has 0 spiro atoms. The molecule has 0 radical (unpaired) electrons. The van der Waals surface area contributed by atoms with E-state index in [0.29, 0.717) is 5.39 Å². The number of hydrogen-bond acceptors (Lipinski definition) is 3. The number of hydrogen-bond donors (Lipinski definition) is 0. The van der Waals surface area contributed by atoms with Crippen molar-refractivity contribution in [2.45, 2.75) is 95.6 Å². The van der Waals surface area contributed by atoms with Crippen LogP contribution in [-0.2, 0) is 7.05 Å². The average molecular weight is 403 g/mol. The number of fused-ring (bicyclic) bond motifs is 1. The Morgan fingerprint density at radius 2 is 1.36 bits per heavy atom. The molecule has 0 saturated heterocycles. The summed E-state index contributed by atoms with van der Waals surface area (Å²) >= 11 is 1.71. The van der Waals surface area contributed by atoms with Gasteiger partial charge in [0.05, 0.1) is 10.9 Å². The molecule has 156 valence electrons. The summed E-state index contributed by atoms with van der Waals surface area (Å²) in [4.78, 5) is 17.1. The van der Waals surface area contributed by atoms with E-state index in [-0.39, 0.29) is 5.56 Å². The van der Waals surface area contributed by atoms with Crippen molar-refractivity contribution in [3.63, 3.8) is 0 Å². The number of nitrogens with zero attached hydrogens (tertiary/aromatic N) is 2. The maximum absolute atomic E-state index is 12.4. The van der Waals surface area contributed by atoms with Gasteiger partial charge in [0.15, 0.2) is 5.16 Å². The number of unbranched alkanes of at least 4 members (excludes halogenated alkanes) is 12. The zero-order chi connectivity index (χ0) is 20.0. The smallest absolute Gasteiger partial charge is 0.261 e. The van der Waals surface area contributed by atoms with E-state index in [2.05, 4.69) is 11.9 Å². The van der Waals surface area contributed by atoms with Gasteiger partial charge < -0.3 is 0 Å². The largest absolute Gasteiger partial charge is 0.290 e. The van der Waals surface area contributed by atoms with Crippen LogP contribution in [0.25, 0.3) is 10.9 Å². The maximum Gasteiger partial charge on any atom is 0.261 e. The fourth-order valence-electron chi connectivity index (χ4n) is 3.61. The van der Waals surface area contributed by atoms with Crippen molar-refractivity contribution in [1.82, 2.24) is 9.55 Å². The van der Waals surface area contributed by atoms with Crippen LogP contribution in [0.5, 0.6) is 0 Å². The first kappa shape index (κ1) is 23.0. The van der Waals surface area contributed by atoms with Gasteiger partial charge in [-0.15, -0.1) is 0 Å². The number of rotatable bonds is 15. The second kappa shape index (κ2) is 13.8. The first-order valence-corrected chi connectivity index (χ1v) is 12.3. The molecule has 0 aliphatic carbocycles. The Kier molecular flexibility index (Phi) is 11.3. The van der Waals surface area contributed by atoms with Gasteiger partial charge in [0.1, 0.15) is 0 Å². The fraction of sp³-hybridized carbons (Fsp3) is 0.667. The first-order valence-electron chi connectivity index (χ1n) is 11.3. The van der Waals surface area contributed by atoms with Gasteiger partial charge in [-0.2, -0.15) is 0 Å². The Balaban J connectivity index is 1.52. The molecule has 0 aliphatic rings. The summed E-state index contributed by atoms with van der Waals surface area (Å²) < 4.78 is 1.69. The van der Waals surface area contributed by atoms with E-state index in [1.54, 1.807) is 16.3 Å². The molecule has 0 aliphatic heterocycles. The summed E-state index contributed by atoms with van der Waals surface area (Å²) in [6, 6.07) is 7.61. The van der Waals surface area contributed by atoms with Gasteiger partial charge in [-0.25, -0.2) is 4.98 Å². The average Bonchev–Trinajstić information content (AvgIpc) is 2.71. The van der Waals surface area contributed by atoms with Crippen molar-refractivity contribution in [3.8, 4) is 0 Å². The number of aromatic nitrogens is 2. The SMILES string of the molecule is CCCCCCCCCCCCCCCSc1nc2ccccc2c(=O)n1C. The highest BCUT2D eigenvalue weighted by atomic mass is 32.2. The molecule has 4 heteroatoms. The molecular formula is C24H38N2OS. The molecule has 28 heavy (non-hydrogen) atoms. The van der Waals surface area contributed by atoms with Crippen molar-refractivity contribution in [1.29, 1.82) is 0 Å². The summed E-state index contributed by atoms with van der Waals surface area (Å²) in [7, 11) is 1.83. The summed E-state index contributed by atoms with van der Waals surface area (Å²) in [5.74, 6) is 1.04. The molecule has 0 amide bonds. The predicted molar refractivity (Wildman–Crippen MR) is 123 cm³/mol. The lowest BCUT2D eigenvalue weighted by Gasteiger charge is -2.08. The molecular weight excluding hydrogens is 364 g/mol. The van der Waals surface area contributed by atoms with E-state index in [4.69, 9.17) is 0 Å². The van der Waals surface area contributed by atoms with Crippen LogP contribution in [-0.4, -0.2) is 15.3 Å². The molecule has 0 bridgehead atoms. The zero-order valence-electron chi connectivity index (χ0n) is 17.9. The molecule has 0 saturated carbocycles. The van der Waals surface area contributed by atoms with Crippen LogP contribution in [0.15, 0.2) is 34.2 Å². The normalized spacial score (nSPS) is 11.4. The number of para-hydroxylation sites is 1. The lowest BCUT2D eigenvalue weighted by atomic mass is 10.1. The molecule has 3 nitrogen and oxygen atoms in total. The Labute approximate surface area is 175 Å². The highest BCUT2D eigenvalue weighted by Crippen LogP contribution is 2.19. The van der Waals surface area contributed by atoms with Gasteiger partial charge in [0.25, 0.3) is 5.56 Å². The minimum atomic E-state index is 0.0541. The van der Waals surface area contributed by atoms with E-state index < -0.39 is 0 Å². The second-order valence-electron chi connectivity index (χ2n) is 7.87. The van der Waals surface area contributed by atoms with Crippen molar-refractivity contribution >= 4 is 22.7 Å². The molecule has 0 atom stereocenters. The van der Waals surface area contributed by atoms with Gasteiger partial charge in [0.2, 0.25) is 0 Å². The fourth-order valence-corrected chi connectivity index (χ4v) is 4.58. The summed E-state index contributed by atoms with van der Waals surface area (Å²) in [5, 5.41) is 1.54.